The molecule has 7 rings (SSSR count). The van der Waals surface area contributed by atoms with Gasteiger partial charge in [0.2, 0.25) is 5.91 Å². The van der Waals surface area contributed by atoms with Gasteiger partial charge in [-0.2, -0.15) is 12.7 Å². The predicted octanol–water partition coefficient (Wildman–Crippen LogP) is 4.48. The van der Waals surface area contributed by atoms with E-state index in [1.165, 1.54) is 36.2 Å². The zero-order valence-electron chi connectivity index (χ0n) is 32.9. The summed E-state index contributed by atoms with van der Waals surface area (Å²) in [5, 5.41) is 13.0. The van der Waals surface area contributed by atoms with Crippen LogP contribution in [-0.2, 0) is 42.0 Å². The fourth-order valence-corrected chi connectivity index (χ4v) is 9.87. The number of alkyl halides is 2. The standard InChI is InChI=1S/C41H54ClF2N5O7S/c1-46(2)57(53,54)45-38(51)41(52)22-37(50)47(3)17-5-4-9-35(55-19-7-18-48-25-40(43,44)26-48)32-13-10-29(32)23-49-24-39(27-56-36-15-11-30(41)21-34(36)49)16-6-8-28-20-31(42)12-14-33(28)39/h4,9,11-12,14-15,20-21,29,32,35,52H,5-8,10,13,16-19,22-27H2,1-3H3,(H,45,51)/b9-4-/t29-,32+,35-,39-,41+/m0/s1. The van der Waals surface area contributed by atoms with E-state index in [2.05, 4.69) is 17.0 Å². The molecule has 2 aromatic rings. The van der Waals surface area contributed by atoms with Crippen LogP contribution in [0.3, 0.4) is 0 Å². The molecule has 5 atom stereocenters. The summed E-state index contributed by atoms with van der Waals surface area (Å²) in [6.45, 7) is 2.35. The van der Waals surface area contributed by atoms with E-state index in [9.17, 15) is 31.9 Å². The lowest BCUT2D eigenvalue weighted by Crippen LogP contribution is -2.56. The molecule has 57 heavy (non-hydrogen) atoms. The number of carbonyl (C=O) groups excluding carboxylic acids is 2. The summed E-state index contributed by atoms with van der Waals surface area (Å²) in [7, 11) is -0.229. The Balaban J connectivity index is 1.25. The molecular formula is C41H54ClF2N5O7S. The Labute approximate surface area is 339 Å². The summed E-state index contributed by atoms with van der Waals surface area (Å²) >= 11 is 6.47. The Morgan fingerprint density at radius 1 is 1.14 bits per heavy atom. The molecule has 12 nitrogen and oxygen atoms in total. The van der Waals surface area contributed by atoms with E-state index in [4.69, 9.17) is 21.1 Å². The van der Waals surface area contributed by atoms with Crippen LogP contribution in [0.5, 0.6) is 5.75 Å². The predicted molar refractivity (Wildman–Crippen MR) is 213 cm³/mol. The largest absolute Gasteiger partial charge is 0.490 e. The third-order valence-corrected chi connectivity index (χ3v) is 14.2. The van der Waals surface area contributed by atoms with Gasteiger partial charge in [0.25, 0.3) is 11.8 Å². The zero-order valence-corrected chi connectivity index (χ0v) is 34.5. The fourth-order valence-electron chi connectivity index (χ4n) is 9.09. The number of aryl methyl sites for hydroxylation is 1. The quantitative estimate of drug-likeness (QED) is 0.292. The number of hydrogen-bond acceptors (Lipinski definition) is 9. The highest BCUT2D eigenvalue weighted by molar-refractivity contribution is 7.87. The topological polar surface area (TPSA) is 132 Å². The first-order valence-electron chi connectivity index (χ1n) is 19.9. The number of hydrogen-bond donors (Lipinski definition) is 2. The van der Waals surface area contributed by atoms with Crippen LogP contribution >= 0.6 is 11.6 Å². The molecule has 0 aromatic heterocycles. The van der Waals surface area contributed by atoms with Crippen LogP contribution in [0.25, 0.3) is 0 Å². The monoisotopic (exact) mass is 833 g/mol. The number of amides is 2. The SMILES string of the molecule is CN1CC/C=C\[C@H](OCCCN2CC(F)(F)C2)[C@@H]2CC[C@H]2CN2C[C@@]3(CCCc4cc(Cl)ccc43)COc3ccc(cc32)[C@@](O)(C(=O)NS(=O)(=O)N(C)C)CC1=O. The summed E-state index contributed by atoms with van der Waals surface area (Å²) < 4.78 is 68.6. The number of halogens is 3. The number of benzene rings is 2. The van der Waals surface area contributed by atoms with Crippen molar-refractivity contribution in [1.29, 1.82) is 0 Å². The van der Waals surface area contributed by atoms with E-state index < -0.39 is 45.4 Å². The van der Waals surface area contributed by atoms with Crippen LogP contribution in [0.15, 0.2) is 48.6 Å². The average Bonchev–Trinajstić information content (AvgIpc) is 3.28. The van der Waals surface area contributed by atoms with Crippen LogP contribution < -0.4 is 14.4 Å². The molecule has 1 spiro atoms. The van der Waals surface area contributed by atoms with Gasteiger partial charge >= 0.3 is 10.2 Å². The van der Waals surface area contributed by atoms with Crippen molar-refractivity contribution in [2.75, 3.05) is 78.5 Å². The summed E-state index contributed by atoms with van der Waals surface area (Å²) in [6, 6.07) is 10.9. The van der Waals surface area contributed by atoms with Gasteiger partial charge in [0.15, 0.2) is 5.60 Å². The van der Waals surface area contributed by atoms with E-state index in [1.807, 2.05) is 22.9 Å². The van der Waals surface area contributed by atoms with Gasteiger partial charge < -0.3 is 24.4 Å². The number of nitrogens with one attached hydrogen (secondary N) is 1. The molecule has 312 valence electrons. The molecule has 16 heteroatoms. The summed E-state index contributed by atoms with van der Waals surface area (Å²) in [6.07, 6.45) is 8.77. The van der Waals surface area contributed by atoms with Crippen molar-refractivity contribution in [2.45, 2.75) is 74.4 Å². The van der Waals surface area contributed by atoms with Crippen LogP contribution in [-0.4, -0.2) is 125 Å². The molecule has 3 heterocycles. The van der Waals surface area contributed by atoms with Crippen molar-refractivity contribution >= 4 is 39.3 Å². The van der Waals surface area contributed by atoms with E-state index in [-0.39, 0.29) is 43.1 Å². The molecular weight excluding hydrogens is 780 g/mol. The van der Waals surface area contributed by atoms with Crippen molar-refractivity contribution in [3.05, 3.63) is 70.3 Å². The molecule has 0 unspecified atom stereocenters. The normalized spacial score (nSPS) is 29.7. The molecule has 2 N–H and O–H groups in total. The maximum atomic E-state index is 13.9. The minimum Gasteiger partial charge on any atom is -0.490 e. The van der Waals surface area contributed by atoms with E-state index in [1.54, 1.807) is 24.1 Å². The summed E-state index contributed by atoms with van der Waals surface area (Å²) in [5.41, 5.74) is 0.0809. The Morgan fingerprint density at radius 2 is 1.93 bits per heavy atom. The van der Waals surface area contributed by atoms with Crippen LogP contribution in [0.2, 0.25) is 5.02 Å². The molecule has 0 radical (unpaired) electrons. The second kappa shape index (κ2) is 16.4. The van der Waals surface area contributed by atoms with Crippen molar-refractivity contribution in [1.82, 2.24) is 18.8 Å². The second-order valence-electron chi connectivity index (χ2n) is 16.8. The Hall–Kier alpha value is -3.34. The van der Waals surface area contributed by atoms with Gasteiger partial charge in [0.05, 0.1) is 37.9 Å². The first kappa shape index (κ1) is 41.8. The first-order chi connectivity index (χ1) is 27.0. The van der Waals surface area contributed by atoms with Gasteiger partial charge in [-0.15, -0.1) is 0 Å². The smallest absolute Gasteiger partial charge is 0.303 e. The molecule has 2 bridgehead atoms. The van der Waals surface area contributed by atoms with Gasteiger partial charge in [0.1, 0.15) is 5.75 Å². The molecule has 2 aromatic carbocycles. The lowest BCUT2D eigenvalue weighted by molar-refractivity contribution is -0.148. The number of carbonyl (C=O) groups is 2. The van der Waals surface area contributed by atoms with Crippen LogP contribution in [0.1, 0.15) is 61.6 Å². The van der Waals surface area contributed by atoms with Gasteiger partial charge in [-0.25, -0.2) is 13.5 Å². The third kappa shape index (κ3) is 8.84. The Morgan fingerprint density at radius 3 is 2.65 bits per heavy atom. The maximum Gasteiger partial charge on any atom is 0.303 e. The van der Waals surface area contributed by atoms with Gasteiger partial charge in [-0.3, -0.25) is 14.5 Å². The molecule has 1 saturated carbocycles. The van der Waals surface area contributed by atoms with Gasteiger partial charge in [-0.1, -0.05) is 35.9 Å². The highest BCUT2D eigenvalue weighted by atomic mass is 35.5. The highest BCUT2D eigenvalue weighted by Gasteiger charge is 2.47. The lowest BCUT2D eigenvalue weighted by Gasteiger charge is -2.46. The van der Waals surface area contributed by atoms with Crippen molar-refractivity contribution < 1.29 is 41.4 Å². The number of likely N-dealkylation sites (tertiary alicyclic amines) is 1. The van der Waals surface area contributed by atoms with Crippen LogP contribution in [0.4, 0.5) is 14.5 Å². The number of fused-ring (bicyclic) bond motifs is 4. The van der Waals surface area contributed by atoms with E-state index in [0.29, 0.717) is 62.1 Å². The molecule has 2 aliphatic carbocycles. The molecule has 1 saturated heterocycles. The summed E-state index contributed by atoms with van der Waals surface area (Å²) in [4.78, 5) is 33.1. The van der Waals surface area contributed by atoms with Gasteiger partial charge in [0, 0.05) is 64.4 Å². The van der Waals surface area contributed by atoms with Crippen LogP contribution in [0, 0.1) is 11.8 Å². The summed E-state index contributed by atoms with van der Waals surface area (Å²) in [5.74, 6) is -3.51. The van der Waals surface area contributed by atoms with E-state index >= 15 is 0 Å². The molecule has 2 fully saturated rings. The Kier molecular flexibility index (Phi) is 12.0. The molecule has 2 amide bonds. The van der Waals surface area contributed by atoms with Crippen molar-refractivity contribution in [2.24, 2.45) is 11.8 Å². The second-order valence-corrected chi connectivity index (χ2v) is 19.2. The van der Waals surface area contributed by atoms with Crippen molar-refractivity contribution in [3.8, 4) is 5.75 Å². The number of nitrogens with zero attached hydrogens (tertiary/aromatic N) is 4. The first-order valence-corrected chi connectivity index (χ1v) is 21.7. The van der Waals surface area contributed by atoms with E-state index in [0.717, 1.165) is 36.4 Å². The number of anilines is 1. The minimum atomic E-state index is -4.32. The number of ether oxygens (including phenoxy) is 2. The number of rotatable bonds is 8. The average molecular weight is 834 g/mol. The molecule has 5 aliphatic rings. The highest BCUT2D eigenvalue weighted by Crippen LogP contribution is 2.48. The fraction of sp³-hybridized carbons (Fsp3) is 0.610. The molecule has 3 aliphatic heterocycles. The van der Waals surface area contributed by atoms with Gasteiger partial charge in [-0.05, 0) is 97.7 Å². The third-order valence-electron chi connectivity index (χ3n) is 12.6. The minimum absolute atomic E-state index is 0.0631. The van der Waals surface area contributed by atoms with Crippen molar-refractivity contribution in [3.63, 3.8) is 0 Å². The Bertz CT molecular complexity index is 1980. The maximum absolute atomic E-state index is 13.9. The zero-order chi connectivity index (χ0) is 40.8. The number of aliphatic hydroxyl groups is 1. The lowest BCUT2D eigenvalue weighted by atomic mass is 9.68.